The number of pyridine rings is 1. The standard InChI is InChI=1S/C30H34N4O/c1-5-9-22(6-2)18-27(26-19-32-34(4)20-26)30(31-3)35-21-23-12-14-25(15-13-23)29-17-16-24-10-7-8-11-28(24)33-29/h7-8,10-20,22H,5-6,9,21H2,1-4H3/b27-18-,31-30?. The summed E-state index contributed by atoms with van der Waals surface area (Å²) in [6.45, 7) is 4.90. The number of aliphatic imine (C=N–C) groups is 1. The molecule has 35 heavy (non-hydrogen) atoms. The van der Waals surface area contributed by atoms with E-state index in [-0.39, 0.29) is 0 Å². The lowest BCUT2D eigenvalue weighted by molar-refractivity contribution is 0.296. The van der Waals surface area contributed by atoms with E-state index in [9.17, 15) is 0 Å². The highest BCUT2D eigenvalue weighted by molar-refractivity contribution is 6.19. The molecule has 0 bridgehead atoms. The van der Waals surface area contributed by atoms with Crippen LogP contribution in [0, 0.1) is 5.92 Å². The van der Waals surface area contributed by atoms with E-state index in [0.29, 0.717) is 18.4 Å². The molecule has 5 heteroatoms. The minimum Gasteiger partial charge on any atom is -0.473 e. The Morgan fingerprint density at radius 2 is 1.86 bits per heavy atom. The summed E-state index contributed by atoms with van der Waals surface area (Å²) in [7, 11) is 3.72. The van der Waals surface area contributed by atoms with Crippen molar-refractivity contribution in [3.05, 3.63) is 90.3 Å². The molecule has 0 saturated carbocycles. The number of nitrogens with zero attached hydrogens (tertiary/aromatic N) is 4. The number of allylic oxidation sites excluding steroid dienone is 1. The van der Waals surface area contributed by atoms with Gasteiger partial charge in [-0.05, 0) is 36.5 Å². The van der Waals surface area contributed by atoms with Crippen molar-refractivity contribution in [3.8, 4) is 11.3 Å². The van der Waals surface area contributed by atoms with Crippen LogP contribution in [0.15, 0.2) is 84.1 Å². The summed E-state index contributed by atoms with van der Waals surface area (Å²) in [5.41, 5.74) is 6.19. The third kappa shape index (κ3) is 6.04. The third-order valence-electron chi connectivity index (χ3n) is 6.26. The van der Waals surface area contributed by atoms with Crippen LogP contribution in [-0.2, 0) is 18.4 Å². The van der Waals surface area contributed by atoms with Crippen molar-refractivity contribution in [2.24, 2.45) is 18.0 Å². The van der Waals surface area contributed by atoms with Crippen molar-refractivity contribution in [2.75, 3.05) is 7.05 Å². The summed E-state index contributed by atoms with van der Waals surface area (Å²) in [5.74, 6) is 1.12. The van der Waals surface area contributed by atoms with Crippen LogP contribution in [0.25, 0.3) is 27.7 Å². The Kier molecular flexibility index (Phi) is 8.09. The lowest BCUT2D eigenvalue weighted by atomic mass is 9.95. The fraction of sp³-hybridized carbons (Fsp3) is 0.300. The Labute approximate surface area is 208 Å². The Bertz CT molecular complexity index is 1320. The molecule has 1 atom stereocenters. The lowest BCUT2D eigenvalue weighted by Gasteiger charge is -2.15. The first-order valence-corrected chi connectivity index (χ1v) is 12.4. The summed E-state index contributed by atoms with van der Waals surface area (Å²) in [4.78, 5) is 9.32. The van der Waals surface area contributed by atoms with Crippen molar-refractivity contribution in [1.29, 1.82) is 0 Å². The molecule has 0 radical (unpaired) electrons. The fourth-order valence-corrected chi connectivity index (χ4v) is 4.28. The molecule has 0 saturated heterocycles. The zero-order valence-corrected chi connectivity index (χ0v) is 21.1. The molecule has 0 aliphatic heterocycles. The van der Waals surface area contributed by atoms with Crippen molar-refractivity contribution < 1.29 is 4.74 Å². The molecule has 0 fully saturated rings. The van der Waals surface area contributed by atoms with Crippen molar-refractivity contribution >= 4 is 22.4 Å². The number of hydrogen-bond acceptors (Lipinski definition) is 4. The number of para-hydroxylation sites is 1. The second-order valence-corrected chi connectivity index (χ2v) is 8.84. The number of benzene rings is 2. The van der Waals surface area contributed by atoms with E-state index in [1.165, 1.54) is 0 Å². The summed E-state index contributed by atoms with van der Waals surface area (Å²) >= 11 is 0. The van der Waals surface area contributed by atoms with Crippen LogP contribution < -0.4 is 0 Å². The van der Waals surface area contributed by atoms with Gasteiger partial charge >= 0.3 is 0 Å². The Morgan fingerprint density at radius 3 is 2.54 bits per heavy atom. The van der Waals surface area contributed by atoms with Gasteiger partial charge in [0.25, 0.3) is 0 Å². The molecular weight excluding hydrogens is 432 g/mol. The Hall–Kier alpha value is -3.73. The maximum absolute atomic E-state index is 6.26. The van der Waals surface area contributed by atoms with Crippen LogP contribution in [0.4, 0.5) is 0 Å². The van der Waals surface area contributed by atoms with Gasteiger partial charge in [0.1, 0.15) is 6.61 Å². The second kappa shape index (κ2) is 11.6. The van der Waals surface area contributed by atoms with Crippen LogP contribution in [0.5, 0.6) is 0 Å². The van der Waals surface area contributed by atoms with Crippen LogP contribution in [0.2, 0.25) is 0 Å². The minimum absolute atomic E-state index is 0.445. The number of hydrogen-bond donors (Lipinski definition) is 0. The average Bonchev–Trinajstić information content (AvgIpc) is 3.33. The second-order valence-electron chi connectivity index (χ2n) is 8.84. The Morgan fingerprint density at radius 1 is 1.06 bits per heavy atom. The fourth-order valence-electron chi connectivity index (χ4n) is 4.28. The van der Waals surface area contributed by atoms with Gasteiger partial charge in [0.2, 0.25) is 5.90 Å². The summed E-state index contributed by atoms with van der Waals surface area (Å²) < 4.78 is 8.08. The van der Waals surface area contributed by atoms with Gasteiger partial charge in [-0.25, -0.2) is 4.98 Å². The van der Waals surface area contributed by atoms with Crippen molar-refractivity contribution in [1.82, 2.24) is 14.8 Å². The number of aryl methyl sites for hydroxylation is 1. The highest BCUT2D eigenvalue weighted by Crippen LogP contribution is 2.25. The Balaban J connectivity index is 1.51. The van der Waals surface area contributed by atoms with Crippen LogP contribution in [0.1, 0.15) is 44.2 Å². The quantitative estimate of drug-likeness (QED) is 0.195. The van der Waals surface area contributed by atoms with E-state index in [1.54, 1.807) is 7.05 Å². The zero-order valence-electron chi connectivity index (χ0n) is 21.1. The van der Waals surface area contributed by atoms with E-state index in [4.69, 9.17) is 9.72 Å². The van der Waals surface area contributed by atoms with E-state index in [0.717, 1.165) is 58.1 Å². The predicted molar refractivity (Wildman–Crippen MR) is 145 cm³/mol. The molecule has 4 rings (SSSR count). The molecular formula is C30H34N4O. The zero-order chi connectivity index (χ0) is 24.6. The summed E-state index contributed by atoms with van der Waals surface area (Å²) in [6, 6.07) is 20.8. The molecule has 1 unspecified atom stereocenters. The molecule has 2 heterocycles. The van der Waals surface area contributed by atoms with Gasteiger partial charge in [-0.1, -0.05) is 74.9 Å². The van der Waals surface area contributed by atoms with Gasteiger partial charge < -0.3 is 4.74 Å². The molecule has 2 aromatic heterocycles. The molecule has 5 nitrogen and oxygen atoms in total. The van der Waals surface area contributed by atoms with Crippen LogP contribution in [-0.4, -0.2) is 27.7 Å². The van der Waals surface area contributed by atoms with Gasteiger partial charge in [-0.15, -0.1) is 0 Å². The first-order valence-electron chi connectivity index (χ1n) is 12.4. The molecule has 4 aromatic rings. The highest BCUT2D eigenvalue weighted by atomic mass is 16.5. The monoisotopic (exact) mass is 466 g/mol. The van der Waals surface area contributed by atoms with Gasteiger partial charge in [-0.3, -0.25) is 9.67 Å². The van der Waals surface area contributed by atoms with E-state index in [2.05, 4.69) is 72.5 Å². The maximum Gasteiger partial charge on any atom is 0.216 e. The first-order chi connectivity index (χ1) is 17.1. The summed E-state index contributed by atoms with van der Waals surface area (Å²) in [5, 5.41) is 5.52. The third-order valence-corrected chi connectivity index (χ3v) is 6.26. The molecule has 180 valence electrons. The number of fused-ring (bicyclic) bond motifs is 1. The van der Waals surface area contributed by atoms with E-state index in [1.807, 2.05) is 42.3 Å². The predicted octanol–water partition coefficient (Wildman–Crippen LogP) is 7.09. The SMILES string of the molecule is CCCC(/C=C(\C(=NC)OCc1ccc(-c2ccc3ccccc3n2)cc1)c1cnn(C)c1)CC. The molecule has 0 aliphatic rings. The van der Waals surface area contributed by atoms with E-state index >= 15 is 0 Å². The normalized spacial score (nSPS) is 13.3. The molecule has 0 N–H and O–H groups in total. The summed E-state index contributed by atoms with van der Waals surface area (Å²) in [6.07, 6.45) is 9.57. The van der Waals surface area contributed by atoms with Gasteiger partial charge in [0, 0.05) is 42.4 Å². The largest absolute Gasteiger partial charge is 0.473 e. The lowest BCUT2D eigenvalue weighted by Crippen LogP contribution is -2.10. The average molecular weight is 467 g/mol. The number of rotatable bonds is 9. The van der Waals surface area contributed by atoms with Gasteiger partial charge in [0.05, 0.1) is 17.4 Å². The van der Waals surface area contributed by atoms with Crippen LogP contribution in [0.3, 0.4) is 0 Å². The topological polar surface area (TPSA) is 52.3 Å². The van der Waals surface area contributed by atoms with Crippen molar-refractivity contribution in [2.45, 2.75) is 39.7 Å². The van der Waals surface area contributed by atoms with E-state index < -0.39 is 0 Å². The number of aromatic nitrogens is 3. The molecule has 0 amide bonds. The number of ether oxygens (including phenoxy) is 1. The smallest absolute Gasteiger partial charge is 0.216 e. The molecule has 0 aliphatic carbocycles. The molecule has 0 spiro atoms. The highest BCUT2D eigenvalue weighted by Gasteiger charge is 2.16. The van der Waals surface area contributed by atoms with Gasteiger partial charge in [-0.2, -0.15) is 5.10 Å². The van der Waals surface area contributed by atoms with Crippen molar-refractivity contribution in [3.63, 3.8) is 0 Å². The molecule has 2 aromatic carbocycles. The maximum atomic E-state index is 6.26. The van der Waals surface area contributed by atoms with Gasteiger partial charge in [0.15, 0.2) is 0 Å². The minimum atomic E-state index is 0.445. The van der Waals surface area contributed by atoms with Crippen LogP contribution >= 0.6 is 0 Å². The first kappa shape index (κ1) is 24.4.